The van der Waals surface area contributed by atoms with Gasteiger partial charge >= 0.3 is 0 Å². The van der Waals surface area contributed by atoms with Crippen molar-refractivity contribution in [3.8, 4) is 5.75 Å². The lowest BCUT2D eigenvalue weighted by atomic mass is 10.2. The second kappa shape index (κ2) is 9.98. The van der Waals surface area contributed by atoms with Crippen molar-refractivity contribution in [3.05, 3.63) is 52.5 Å². The summed E-state index contributed by atoms with van der Waals surface area (Å²) in [6, 6.07) is 10.9. The molecular weight excluding hydrogens is 449 g/mol. The zero-order valence-electron chi connectivity index (χ0n) is 16.3. The highest BCUT2D eigenvalue weighted by molar-refractivity contribution is 7.89. The fraction of sp³-hybridized carbons (Fsp3) is 0.350. The number of amides is 1. The molecule has 0 saturated carbocycles. The number of anilines is 1. The van der Waals surface area contributed by atoms with Crippen LogP contribution in [0.15, 0.2) is 47.4 Å². The number of rotatable bonds is 8. The molecule has 1 fully saturated rings. The molecule has 0 radical (unpaired) electrons. The van der Waals surface area contributed by atoms with Gasteiger partial charge in [-0.25, -0.2) is 19.3 Å². The zero-order chi connectivity index (χ0) is 21.7. The van der Waals surface area contributed by atoms with Gasteiger partial charge in [-0.1, -0.05) is 23.2 Å². The molecule has 162 valence electrons. The average molecular weight is 472 g/mol. The number of hydrazine groups is 1. The molecule has 0 bridgehead atoms. The fourth-order valence-electron chi connectivity index (χ4n) is 3.12. The predicted molar refractivity (Wildman–Crippen MR) is 117 cm³/mol. The first-order chi connectivity index (χ1) is 14.3. The normalized spacial score (nSPS) is 14.6. The third-order valence-electron chi connectivity index (χ3n) is 4.77. The van der Waals surface area contributed by atoms with Gasteiger partial charge in [0.15, 0.2) is 0 Å². The van der Waals surface area contributed by atoms with Crippen LogP contribution in [0.5, 0.6) is 5.75 Å². The number of hydrogen-bond acceptors (Lipinski definition) is 5. The smallest absolute Gasteiger partial charge is 0.243 e. The number of ether oxygens (including phenoxy) is 1. The number of halogens is 2. The maximum absolute atomic E-state index is 12.6. The van der Waals surface area contributed by atoms with E-state index in [1.54, 1.807) is 18.2 Å². The Balaban J connectivity index is 1.51. The van der Waals surface area contributed by atoms with E-state index in [2.05, 4.69) is 0 Å². The van der Waals surface area contributed by atoms with E-state index in [0.717, 1.165) is 17.9 Å². The molecule has 1 amide bonds. The molecule has 2 aromatic rings. The summed E-state index contributed by atoms with van der Waals surface area (Å²) in [5, 5.41) is 1.93. The molecule has 3 rings (SSSR count). The van der Waals surface area contributed by atoms with Gasteiger partial charge in [-0.2, -0.15) is 4.31 Å². The molecule has 0 aliphatic carbocycles. The summed E-state index contributed by atoms with van der Waals surface area (Å²) >= 11 is 11.9. The first-order valence-electron chi connectivity index (χ1n) is 9.55. The SMILES string of the molecule is NN(C(=O)CCCOc1ccc(Cl)cc1Cl)c1ccc(S(=O)(=O)N2CCCC2)cc1. The van der Waals surface area contributed by atoms with E-state index in [9.17, 15) is 13.2 Å². The molecule has 0 aromatic heterocycles. The summed E-state index contributed by atoms with van der Waals surface area (Å²) in [6.07, 6.45) is 2.34. The number of carbonyl (C=O) groups excluding carboxylic acids is 1. The number of nitrogens with two attached hydrogens (primary N) is 1. The van der Waals surface area contributed by atoms with Crippen LogP contribution >= 0.6 is 23.2 Å². The minimum atomic E-state index is -3.50. The molecule has 1 aliphatic rings. The van der Waals surface area contributed by atoms with Gasteiger partial charge < -0.3 is 4.74 Å². The Hall–Kier alpha value is -1.84. The van der Waals surface area contributed by atoms with Gasteiger partial charge in [-0.15, -0.1) is 0 Å². The minimum Gasteiger partial charge on any atom is -0.492 e. The molecule has 10 heteroatoms. The van der Waals surface area contributed by atoms with E-state index in [0.29, 0.717) is 41.0 Å². The Labute approximate surface area is 186 Å². The van der Waals surface area contributed by atoms with Crippen LogP contribution in [0.3, 0.4) is 0 Å². The van der Waals surface area contributed by atoms with E-state index < -0.39 is 10.0 Å². The fourth-order valence-corrected chi connectivity index (χ4v) is 5.10. The lowest BCUT2D eigenvalue weighted by molar-refractivity contribution is -0.118. The van der Waals surface area contributed by atoms with Crippen molar-refractivity contribution in [2.45, 2.75) is 30.6 Å². The van der Waals surface area contributed by atoms with Gasteiger partial charge in [-0.05, 0) is 61.7 Å². The summed E-state index contributed by atoms with van der Waals surface area (Å²) in [6.45, 7) is 1.36. The quantitative estimate of drug-likeness (QED) is 0.273. The topological polar surface area (TPSA) is 92.9 Å². The van der Waals surface area contributed by atoms with E-state index >= 15 is 0 Å². The molecule has 2 aromatic carbocycles. The standard InChI is InChI=1S/C20H23Cl2N3O4S/c21-15-5-10-19(18(22)14-15)29-13-3-4-20(26)25(23)16-6-8-17(9-7-16)30(27,28)24-11-1-2-12-24/h5-10,14H,1-4,11-13,23H2. The van der Waals surface area contributed by atoms with Crippen molar-refractivity contribution >= 4 is 44.8 Å². The predicted octanol–water partition coefficient (Wildman–Crippen LogP) is 3.84. The Morgan fingerprint density at radius 3 is 2.40 bits per heavy atom. The second-order valence-electron chi connectivity index (χ2n) is 6.90. The average Bonchev–Trinajstić information content (AvgIpc) is 3.27. The van der Waals surface area contributed by atoms with Crippen molar-refractivity contribution in [1.29, 1.82) is 0 Å². The maximum atomic E-state index is 12.6. The molecule has 7 nitrogen and oxygen atoms in total. The highest BCUT2D eigenvalue weighted by Gasteiger charge is 2.27. The summed E-state index contributed by atoms with van der Waals surface area (Å²) in [4.78, 5) is 12.5. The van der Waals surface area contributed by atoms with Crippen LogP contribution in [0.4, 0.5) is 5.69 Å². The van der Waals surface area contributed by atoms with Gasteiger partial charge in [0, 0.05) is 24.5 Å². The summed E-state index contributed by atoms with van der Waals surface area (Å²) < 4.78 is 32.2. The lowest BCUT2D eigenvalue weighted by Crippen LogP contribution is -2.37. The second-order valence-corrected chi connectivity index (χ2v) is 9.68. The van der Waals surface area contributed by atoms with Crippen molar-refractivity contribution in [2.24, 2.45) is 5.84 Å². The Morgan fingerprint density at radius 1 is 1.10 bits per heavy atom. The maximum Gasteiger partial charge on any atom is 0.243 e. The van der Waals surface area contributed by atoms with Crippen LogP contribution < -0.4 is 15.6 Å². The zero-order valence-corrected chi connectivity index (χ0v) is 18.6. The Kier molecular flexibility index (Phi) is 7.60. The first kappa shape index (κ1) is 22.8. The van der Waals surface area contributed by atoms with Gasteiger partial charge in [0.2, 0.25) is 15.9 Å². The van der Waals surface area contributed by atoms with Crippen molar-refractivity contribution < 1.29 is 17.9 Å². The first-order valence-corrected chi connectivity index (χ1v) is 11.7. The van der Waals surface area contributed by atoms with Gasteiger partial charge in [0.1, 0.15) is 5.75 Å². The highest BCUT2D eigenvalue weighted by atomic mass is 35.5. The molecule has 2 N–H and O–H groups in total. The molecule has 0 atom stereocenters. The van der Waals surface area contributed by atoms with Crippen LogP contribution in [0, 0.1) is 0 Å². The molecule has 1 aliphatic heterocycles. The van der Waals surface area contributed by atoms with Crippen molar-refractivity contribution in [3.63, 3.8) is 0 Å². The lowest BCUT2D eigenvalue weighted by Gasteiger charge is -2.19. The number of hydrogen-bond donors (Lipinski definition) is 1. The van der Waals surface area contributed by atoms with Crippen LogP contribution in [0.25, 0.3) is 0 Å². The van der Waals surface area contributed by atoms with Crippen LogP contribution in [0.2, 0.25) is 10.0 Å². The molecular formula is C20H23Cl2N3O4S. The molecule has 1 heterocycles. The van der Waals surface area contributed by atoms with Gasteiger partial charge in [-0.3, -0.25) is 4.79 Å². The Morgan fingerprint density at radius 2 is 1.77 bits per heavy atom. The van der Waals surface area contributed by atoms with Gasteiger partial charge in [0.05, 0.1) is 22.2 Å². The summed E-state index contributed by atoms with van der Waals surface area (Å²) in [7, 11) is -3.50. The van der Waals surface area contributed by atoms with E-state index in [4.69, 9.17) is 33.8 Å². The highest BCUT2D eigenvalue weighted by Crippen LogP contribution is 2.28. The molecule has 0 unspecified atom stereocenters. The molecule has 30 heavy (non-hydrogen) atoms. The van der Waals surface area contributed by atoms with Crippen LogP contribution in [-0.4, -0.2) is 38.3 Å². The largest absolute Gasteiger partial charge is 0.492 e. The van der Waals surface area contributed by atoms with Gasteiger partial charge in [0.25, 0.3) is 0 Å². The number of benzene rings is 2. The van der Waals surface area contributed by atoms with Crippen LogP contribution in [-0.2, 0) is 14.8 Å². The molecule has 1 saturated heterocycles. The number of sulfonamides is 1. The van der Waals surface area contributed by atoms with Crippen LogP contribution in [0.1, 0.15) is 25.7 Å². The minimum absolute atomic E-state index is 0.162. The number of carbonyl (C=O) groups is 1. The van der Waals surface area contributed by atoms with E-state index in [1.807, 2.05) is 0 Å². The van der Waals surface area contributed by atoms with Crippen molar-refractivity contribution in [2.75, 3.05) is 24.7 Å². The van der Waals surface area contributed by atoms with Crippen molar-refractivity contribution in [1.82, 2.24) is 4.31 Å². The summed E-state index contributed by atoms with van der Waals surface area (Å²) in [5.74, 6) is 6.09. The van der Waals surface area contributed by atoms with E-state index in [-0.39, 0.29) is 23.8 Å². The summed E-state index contributed by atoms with van der Waals surface area (Å²) in [5.41, 5.74) is 0.419. The Bertz CT molecular complexity index is 994. The monoisotopic (exact) mass is 471 g/mol. The van der Waals surface area contributed by atoms with E-state index in [1.165, 1.54) is 28.6 Å². The molecule has 0 spiro atoms. The number of nitrogens with zero attached hydrogens (tertiary/aromatic N) is 2. The third kappa shape index (κ3) is 5.44. The third-order valence-corrected chi connectivity index (χ3v) is 7.22.